The summed E-state index contributed by atoms with van der Waals surface area (Å²) in [6.45, 7) is 1.94. The normalized spacial score (nSPS) is 37.2. The summed E-state index contributed by atoms with van der Waals surface area (Å²) in [7, 11) is 0. The third-order valence-corrected chi connectivity index (χ3v) is 4.36. The van der Waals surface area contributed by atoms with Gasteiger partial charge >= 0.3 is 0 Å². The van der Waals surface area contributed by atoms with Crippen molar-refractivity contribution in [1.29, 1.82) is 0 Å². The zero-order chi connectivity index (χ0) is 10.3. The van der Waals surface area contributed by atoms with Gasteiger partial charge in [0.1, 0.15) is 0 Å². The maximum Gasteiger partial charge on any atom is 0.227 e. The van der Waals surface area contributed by atoms with Crippen LogP contribution in [0.15, 0.2) is 0 Å². The lowest BCUT2D eigenvalue weighted by Crippen LogP contribution is -2.47. The molecule has 1 N–H and O–H groups in total. The molecule has 0 aromatic rings. The summed E-state index contributed by atoms with van der Waals surface area (Å²) in [4.78, 5) is 14.6. The average molecular weight is 245 g/mol. The maximum atomic E-state index is 12.3. The lowest BCUT2D eigenvalue weighted by Gasteiger charge is -2.36. The van der Waals surface area contributed by atoms with Crippen LogP contribution in [-0.4, -0.2) is 36.0 Å². The van der Waals surface area contributed by atoms with Crippen molar-refractivity contribution in [2.24, 2.45) is 5.92 Å². The van der Waals surface area contributed by atoms with Crippen LogP contribution in [0.25, 0.3) is 0 Å². The molecule has 3 nitrogen and oxygen atoms in total. The Morgan fingerprint density at radius 1 is 1.06 bits per heavy atom. The van der Waals surface area contributed by atoms with Gasteiger partial charge in [-0.15, -0.1) is 12.4 Å². The number of carbonyl (C=O) groups excluding carboxylic acids is 1. The SMILES string of the molecule is Cl.O=C([C@H]1CCNC1)N1C2CCCC1CC2. The average Bonchev–Trinajstić information content (AvgIpc) is 2.85. The number of carbonyl (C=O) groups is 1. The molecule has 16 heavy (non-hydrogen) atoms. The summed E-state index contributed by atoms with van der Waals surface area (Å²) in [5, 5.41) is 3.29. The van der Waals surface area contributed by atoms with Gasteiger partial charge in [-0.3, -0.25) is 4.79 Å². The molecule has 3 rings (SSSR count). The zero-order valence-corrected chi connectivity index (χ0v) is 10.5. The van der Waals surface area contributed by atoms with Crippen LogP contribution in [-0.2, 0) is 4.79 Å². The van der Waals surface area contributed by atoms with Crippen LogP contribution in [0.2, 0.25) is 0 Å². The Morgan fingerprint density at radius 3 is 2.31 bits per heavy atom. The van der Waals surface area contributed by atoms with Gasteiger partial charge in [0.15, 0.2) is 0 Å². The van der Waals surface area contributed by atoms with Crippen LogP contribution in [0.5, 0.6) is 0 Å². The number of rotatable bonds is 1. The molecular formula is C12H21ClN2O. The van der Waals surface area contributed by atoms with Gasteiger partial charge in [0.2, 0.25) is 5.91 Å². The van der Waals surface area contributed by atoms with Crippen molar-refractivity contribution in [1.82, 2.24) is 10.2 Å². The highest BCUT2D eigenvalue weighted by Gasteiger charge is 2.41. The van der Waals surface area contributed by atoms with Crippen molar-refractivity contribution in [2.45, 2.75) is 50.6 Å². The quantitative estimate of drug-likeness (QED) is 0.759. The minimum absolute atomic E-state index is 0. The highest BCUT2D eigenvalue weighted by molar-refractivity contribution is 5.85. The van der Waals surface area contributed by atoms with Gasteiger partial charge in [0.25, 0.3) is 0 Å². The molecule has 0 aliphatic carbocycles. The van der Waals surface area contributed by atoms with E-state index in [1.165, 1.54) is 32.1 Å². The van der Waals surface area contributed by atoms with E-state index < -0.39 is 0 Å². The molecule has 4 heteroatoms. The van der Waals surface area contributed by atoms with Gasteiger partial charge in [0, 0.05) is 18.6 Å². The first kappa shape index (κ1) is 12.2. The number of hydrogen-bond donors (Lipinski definition) is 1. The predicted molar refractivity (Wildman–Crippen MR) is 65.7 cm³/mol. The maximum absolute atomic E-state index is 12.3. The standard InChI is InChI=1S/C12H20N2O.ClH/c15-12(9-6-7-13-8-9)14-10-2-1-3-11(14)5-4-10;/h9-11,13H,1-8H2;1H/t9-,10?,11?;/m0./s1. The predicted octanol–water partition coefficient (Wildman–Crippen LogP) is 1.56. The highest BCUT2D eigenvalue weighted by atomic mass is 35.5. The molecule has 3 heterocycles. The Hall–Kier alpha value is -0.280. The molecule has 0 aromatic carbocycles. The van der Waals surface area contributed by atoms with Crippen LogP contribution in [0.3, 0.4) is 0 Å². The van der Waals surface area contributed by atoms with Crippen LogP contribution in [0, 0.1) is 5.92 Å². The fraction of sp³-hybridized carbons (Fsp3) is 0.917. The highest BCUT2D eigenvalue weighted by Crippen LogP contribution is 2.36. The topological polar surface area (TPSA) is 32.3 Å². The van der Waals surface area contributed by atoms with E-state index in [2.05, 4.69) is 10.2 Å². The second-order valence-corrected chi connectivity index (χ2v) is 5.25. The molecule has 92 valence electrons. The molecule has 0 radical (unpaired) electrons. The van der Waals surface area contributed by atoms with Gasteiger partial charge in [0.05, 0.1) is 5.92 Å². The number of nitrogens with one attached hydrogen (secondary N) is 1. The van der Waals surface area contributed by atoms with Gasteiger partial charge in [-0.1, -0.05) is 0 Å². The lowest BCUT2D eigenvalue weighted by atomic mass is 9.99. The Bertz CT molecular complexity index is 250. The number of amides is 1. The van der Waals surface area contributed by atoms with E-state index >= 15 is 0 Å². The van der Waals surface area contributed by atoms with Crippen LogP contribution in [0.1, 0.15) is 38.5 Å². The lowest BCUT2D eigenvalue weighted by molar-refractivity contribution is -0.139. The fourth-order valence-electron chi connectivity index (χ4n) is 3.55. The molecule has 0 saturated carbocycles. The minimum Gasteiger partial charge on any atom is -0.336 e. The smallest absolute Gasteiger partial charge is 0.227 e. The Morgan fingerprint density at radius 2 is 1.75 bits per heavy atom. The third-order valence-electron chi connectivity index (χ3n) is 4.36. The van der Waals surface area contributed by atoms with Crippen LogP contribution < -0.4 is 5.32 Å². The van der Waals surface area contributed by atoms with E-state index in [-0.39, 0.29) is 18.3 Å². The van der Waals surface area contributed by atoms with Crippen molar-refractivity contribution in [3.05, 3.63) is 0 Å². The van der Waals surface area contributed by atoms with Crippen molar-refractivity contribution >= 4 is 18.3 Å². The summed E-state index contributed by atoms with van der Waals surface area (Å²) >= 11 is 0. The number of fused-ring (bicyclic) bond motifs is 2. The first-order chi connectivity index (χ1) is 7.36. The molecule has 3 aliphatic heterocycles. The molecule has 3 saturated heterocycles. The van der Waals surface area contributed by atoms with E-state index in [4.69, 9.17) is 0 Å². The van der Waals surface area contributed by atoms with Crippen molar-refractivity contribution in [3.8, 4) is 0 Å². The number of piperidine rings is 1. The van der Waals surface area contributed by atoms with E-state index in [0.717, 1.165) is 19.5 Å². The minimum atomic E-state index is 0. The van der Waals surface area contributed by atoms with Crippen LogP contribution in [0.4, 0.5) is 0 Å². The number of nitrogens with zero attached hydrogens (tertiary/aromatic N) is 1. The fourth-order valence-corrected chi connectivity index (χ4v) is 3.55. The summed E-state index contributed by atoms with van der Waals surface area (Å²) in [6, 6.07) is 1.19. The third kappa shape index (κ3) is 1.95. The van der Waals surface area contributed by atoms with E-state index in [1.807, 2.05) is 0 Å². The Kier molecular flexibility index (Phi) is 3.75. The number of hydrogen-bond acceptors (Lipinski definition) is 2. The molecule has 0 spiro atoms. The summed E-state index contributed by atoms with van der Waals surface area (Å²) < 4.78 is 0. The van der Waals surface area contributed by atoms with E-state index in [1.54, 1.807) is 0 Å². The summed E-state index contributed by atoms with van der Waals surface area (Å²) in [5.41, 5.74) is 0. The molecular weight excluding hydrogens is 224 g/mol. The molecule has 3 atom stereocenters. The van der Waals surface area contributed by atoms with Crippen molar-refractivity contribution < 1.29 is 4.79 Å². The second-order valence-electron chi connectivity index (χ2n) is 5.25. The zero-order valence-electron chi connectivity index (χ0n) is 9.65. The molecule has 3 fully saturated rings. The van der Waals surface area contributed by atoms with Crippen molar-refractivity contribution in [2.75, 3.05) is 13.1 Å². The van der Waals surface area contributed by atoms with Gasteiger partial charge < -0.3 is 10.2 Å². The number of halogens is 1. The largest absolute Gasteiger partial charge is 0.336 e. The van der Waals surface area contributed by atoms with Gasteiger partial charge in [-0.25, -0.2) is 0 Å². The van der Waals surface area contributed by atoms with Gasteiger partial charge in [-0.05, 0) is 45.1 Å². The Labute approximate surface area is 103 Å². The van der Waals surface area contributed by atoms with Crippen LogP contribution >= 0.6 is 12.4 Å². The van der Waals surface area contributed by atoms with E-state index in [0.29, 0.717) is 18.0 Å². The molecule has 1 amide bonds. The second kappa shape index (κ2) is 4.92. The molecule has 3 aliphatic rings. The first-order valence-electron chi connectivity index (χ1n) is 6.39. The van der Waals surface area contributed by atoms with Crippen molar-refractivity contribution in [3.63, 3.8) is 0 Å². The molecule has 2 unspecified atom stereocenters. The van der Waals surface area contributed by atoms with Gasteiger partial charge in [-0.2, -0.15) is 0 Å². The molecule has 0 aromatic heterocycles. The summed E-state index contributed by atoms with van der Waals surface area (Å²) in [6.07, 6.45) is 7.41. The van der Waals surface area contributed by atoms with E-state index in [9.17, 15) is 4.79 Å². The first-order valence-corrected chi connectivity index (χ1v) is 6.39. The monoisotopic (exact) mass is 244 g/mol. The summed E-state index contributed by atoms with van der Waals surface area (Å²) in [5.74, 6) is 0.735. The Balaban J connectivity index is 0.000000963. The molecule has 2 bridgehead atoms.